The second-order valence-corrected chi connectivity index (χ2v) is 7.59. The first-order valence-electron chi connectivity index (χ1n) is 7.68. The molecule has 4 aromatic rings. The molecule has 0 N–H and O–H groups in total. The van der Waals surface area contributed by atoms with Crippen LogP contribution in [0.25, 0.3) is 25.1 Å². The van der Waals surface area contributed by atoms with Crippen molar-refractivity contribution in [3.8, 4) is 10.6 Å². The molecule has 0 aliphatic heterocycles. The highest BCUT2D eigenvalue weighted by Crippen LogP contribution is 2.52. The monoisotopic (exact) mass is 359 g/mol. The molecule has 0 radical (unpaired) electrons. The van der Waals surface area contributed by atoms with Crippen LogP contribution < -0.4 is 4.74 Å². The zero-order chi connectivity index (χ0) is 17.6. The Bertz CT molecular complexity index is 1030. The molecule has 0 bridgehead atoms. The van der Waals surface area contributed by atoms with E-state index in [1.165, 1.54) is 19.2 Å². The number of methoxy groups -OCH3 is 1. The minimum atomic E-state index is -4.39. The number of benzene rings is 3. The van der Waals surface area contributed by atoms with Crippen LogP contribution in [0.15, 0.2) is 66.7 Å². The zero-order valence-corrected chi connectivity index (χ0v) is 14.1. The Labute approximate surface area is 145 Å². The van der Waals surface area contributed by atoms with E-state index in [0.29, 0.717) is 10.6 Å². The standard InChI is InChI=1S/C20H14F3OS/c1-24-16-11-10-13(20(21,22)23)12-19(16)25-17-8-4-2-6-14(17)15-7-3-5-9-18(15)25/h2-12H,1H3/q+1. The van der Waals surface area contributed by atoms with Gasteiger partial charge in [-0.05, 0) is 36.4 Å². The van der Waals surface area contributed by atoms with E-state index < -0.39 is 22.2 Å². The third kappa shape index (κ3) is 2.55. The fourth-order valence-corrected chi connectivity index (χ4v) is 5.64. The van der Waals surface area contributed by atoms with Crippen molar-refractivity contribution in [2.45, 2.75) is 6.18 Å². The number of alkyl halides is 3. The lowest BCUT2D eigenvalue weighted by molar-refractivity contribution is -0.137. The van der Waals surface area contributed by atoms with Crippen molar-refractivity contribution in [3.63, 3.8) is 0 Å². The fraction of sp³-hybridized carbons (Fsp3) is 0.100. The highest BCUT2D eigenvalue weighted by molar-refractivity contribution is 7.50. The first kappa shape index (κ1) is 16.0. The second kappa shape index (κ2) is 5.77. The van der Waals surface area contributed by atoms with Crippen molar-refractivity contribution in [2.75, 3.05) is 7.11 Å². The average molecular weight is 359 g/mol. The van der Waals surface area contributed by atoms with Gasteiger partial charge in [0.2, 0.25) is 4.90 Å². The summed E-state index contributed by atoms with van der Waals surface area (Å²) < 4.78 is 47.2. The van der Waals surface area contributed by atoms with Crippen molar-refractivity contribution < 1.29 is 17.9 Å². The normalized spacial score (nSPS) is 12.0. The summed E-state index contributed by atoms with van der Waals surface area (Å²) in [5, 5.41) is 2.14. The zero-order valence-electron chi connectivity index (χ0n) is 13.3. The Morgan fingerprint density at radius 3 is 1.88 bits per heavy atom. The highest BCUT2D eigenvalue weighted by Gasteiger charge is 2.34. The number of ether oxygens (including phenoxy) is 1. The molecule has 126 valence electrons. The van der Waals surface area contributed by atoms with E-state index in [-0.39, 0.29) is 0 Å². The van der Waals surface area contributed by atoms with Gasteiger partial charge >= 0.3 is 6.18 Å². The summed E-state index contributed by atoms with van der Waals surface area (Å²) in [7, 11) is 0.867. The second-order valence-electron chi connectivity index (χ2n) is 5.66. The van der Waals surface area contributed by atoms with Gasteiger partial charge < -0.3 is 4.74 Å². The van der Waals surface area contributed by atoms with E-state index >= 15 is 0 Å². The summed E-state index contributed by atoms with van der Waals surface area (Å²) in [6.07, 6.45) is -4.39. The summed E-state index contributed by atoms with van der Waals surface area (Å²) in [6, 6.07) is 19.4. The molecular formula is C20H14F3OS+. The van der Waals surface area contributed by atoms with Gasteiger partial charge in [0.15, 0.2) is 15.1 Å². The molecule has 1 nitrogen and oxygen atoms in total. The maximum atomic E-state index is 13.2. The molecule has 0 amide bonds. The fourth-order valence-electron chi connectivity index (χ4n) is 3.10. The first-order chi connectivity index (χ1) is 12.0. The van der Waals surface area contributed by atoms with Gasteiger partial charge in [0.25, 0.3) is 0 Å². The molecule has 25 heavy (non-hydrogen) atoms. The average Bonchev–Trinajstić information content (AvgIpc) is 2.95. The van der Waals surface area contributed by atoms with Crippen LogP contribution in [0.5, 0.6) is 5.75 Å². The summed E-state index contributed by atoms with van der Waals surface area (Å²) in [4.78, 5) is 0.565. The lowest BCUT2D eigenvalue weighted by Gasteiger charge is -2.09. The van der Waals surface area contributed by atoms with Crippen LogP contribution in [-0.2, 0) is 6.18 Å². The molecule has 0 atom stereocenters. The highest BCUT2D eigenvalue weighted by atomic mass is 32.2. The number of fused-ring (bicyclic) bond motifs is 3. The van der Waals surface area contributed by atoms with E-state index in [2.05, 4.69) is 0 Å². The van der Waals surface area contributed by atoms with Gasteiger partial charge in [0, 0.05) is 27.3 Å². The van der Waals surface area contributed by atoms with Crippen LogP contribution in [-0.4, -0.2) is 7.11 Å². The van der Waals surface area contributed by atoms with Crippen molar-refractivity contribution >= 4 is 30.6 Å². The lowest BCUT2D eigenvalue weighted by Crippen LogP contribution is -2.04. The molecule has 3 aromatic carbocycles. The van der Waals surface area contributed by atoms with Crippen LogP contribution >= 0.6 is 10.5 Å². The summed E-state index contributed by atoms with van der Waals surface area (Å²) in [6.45, 7) is 0. The maximum Gasteiger partial charge on any atom is 0.416 e. The number of thiophene rings is 1. The topological polar surface area (TPSA) is 9.23 Å². The number of halogens is 3. The van der Waals surface area contributed by atoms with Crippen molar-refractivity contribution in [1.29, 1.82) is 0 Å². The molecule has 0 spiro atoms. The Hall–Kier alpha value is -2.53. The molecule has 0 unspecified atom stereocenters. The lowest BCUT2D eigenvalue weighted by atomic mass is 10.2. The van der Waals surface area contributed by atoms with Crippen LogP contribution in [0.4, 0.5) is 13.2 Å². The predicted molar refractivity (Wildman–Crippen MR) is 96.8 cm³/mol. The van der Waals surface area contributed by atoms with Crippen LogP contribution in [0.2, 0.25) is 0 Å². The third-order valence-electron chi connectivity index (χ3n) is 4.21. The van der Waals surface area contributed by atoms with Gasteiger partial charge in [-0.25, -0.2) is 0 Å². The van der Waals surface area contributed by atoms with Crippen LogP contribution in [0, 0.1) is 0 Å². The van der Waals surface area contributed by atoms with E-state index in [0.717, 1.165) is 26.2 Å². The summed E-state index contributed by atoms with van der Waals surface area (Å²) in [5.41, 5.74) is -0.655. The number of hydrogen-bond acceptors (Lipinski definition) is 1. The van der Waals surface area contributed by atoms with Crippen molar-refractivity contribution in [3.05, 3.63) is 72.3 Å². The molecule has 0 saturated carbocycles. The largest absolute Gasteiger partial charge is 0.491 e. The van der Waals surface area contributed by atoms with Crippen molar-refractivity contribution in [2.24, 2.45) is 0 Å². The van der Waals surface area contributed by atoms with E-state index in [1.54, 1.807) is 0 Å². The number of rotatable bonds is 2. The van der Waals surface area contributed by atoms with E-state index in [4.69, 9.17) is 4.74 Å². The van der Waals surface area contributed by atoms with Crippen LogP contribution in [0.1, 0.15) is 5.56 Å². The quantitative estimate of drug-likeness (QED) is 0.359. The van der Waals surface area contributed by atoms with E-state index in [1.807, 2.05) is 48.5 Å². The summed E-state index contributed by atoms with van der Waals surface area (Å²) >= 11 is 0. The Morgan fingerprint density at radius 1 is 0.800 bits per heavy atom. The third-order valence-corrected chi connectivity index (χ3v) is 6.57. The Morgan fingerprint density at radius 2 is 1.36 bits per heavy atom. The predicted octanol–water partition coefficient (Wildman–Crippen LogP) is 6.76. The summed E-state index contributed by atoms with van der Waals surface area (Å²) in [5.74, 6) is 0.475. The molecule has 1 aromatic heterocycles. The van der Waals surface area contributed by atoms with Gasteiger partial charge in [-0.3, -0.25) is 0 Å². The van der Waals surface area contributed by atoms with E-state index in [9.17, 15) is 13.2 Å². The molecule has 0 saturated heterocycles. The molecule has 0 aliphatic rings. The Balaban J connectivity index is 2.14. The maximum absolute atomic E-state index is 13.2. The molecule has 4 rings (SSSR count). The molecule has 5 heteroatoms. The minimum absolute atomic E-state index is 0.475. The van der Waals surface area contributed by atoms with Gasteiger partial charge in [-0.2, -0.15) is 13.2 Å². The van der Waals surface area contributed by atoms with Crippen molar-refractivity contribution in [1.82, 2.24) is 0 Å². The SMILES string of the molecule is COc1ccc(C(F)(F)F)cc1-[s+]1c2ccccc2c2ccccc21. The van der Waals surface area contributed by atoms with Gasteiger partial charge in [-0.1, -0.05) is 24.3 Å². The van der Waals surface area contributed by atoms with Gasteiger partial charge in [0.05, 0.1) is 12.7 Å². The smallest absolute Gasteiger partial charge is 0.416 e. The molecule has 0 aliphatic carbocycles. The van der Waals surface area contributed by atoms with Gasteiger partial charge in [-0.15, -0.1) is 0 Å². The first-order valence-corrected chi connectivity index (χ1v) is 8.91. The van der Waals surface area contributed by atoms with Crippen LogP contribution in [0.3, 0.4) is 0 Å². The van der Waals surface area contributed by atoms with Gasteiger partial charge in [0.1, 0.15) is 0 Å². The number of hydrogen-bond donors (Lipinski definition) is 0. The molecule has 1 heterocycles. The molecule has 0 fully saturated rings. The molecular weight excluding hydrogens is 345 g/mol. The minimum Gasteiger partial charge on any atom is -0.491 e. The Kier molecular flexibility index (Phi) is 3.69.